The fourth-order valence-corrected chi connectivity index (χ4v) is 6.86. The number of hydrogen-bond donors (Lipinski definition) is 0. The molecule has 0 aliphatic carbocycles. The molecule has 3 aromatic heterocycles. The summed E-state index contributed by atoms with van der Waals surface area (Å²) in [6.07, 6.45) is 0. The third-order valence-corrected chi connectivity index (χ3v) is 9.41. The van der Waals surface area contributed by atoms with Gasteiger partial charge in [-0.15, -0.1) is 0 Å². The van der Waals surface area contributed by atoms with Gasteiger partial charge in [0.1, 0.15) is 0 Å². The van der Waals surface area contributed by atoms with Crippen LogP contribution in [0.5, 0.6) is 0 Å². The molecular formula is C48H31N7. The number of para-hydroxylation sites is 2. The average molecular weight is 711 g/mol. The SMILES string of the molecule is [2H]c1c([2H])c([2H])c(-c2nc(-c3ccccc3)nc(-c3cc(-c4nc(-c5ccccc5)nc(-c5ccccc5)n4)ccc3-n3c4ccccc4c4ccccc43)n2)c([2H])c1[2H]. The molecule has 7 aromatic carbocycles. The van der Waals surface area contributed by atoms with Gasteiger partial charge < -0.3 is 4.57 Å². The molecule has 0 aliphatic rings. The van der Waals surface area contributed by atoms with Crippen molar-refractivity contribution in [2.45, 2.75) is 0 Å². The molecule has 3 heterocycles. The highest BCUT2D eigenvalue weighted by Gasteiger charge is 2.21. The van der Waals surface area contributed by atoms with E-state index in [-0.39, 0.29) is 23.0 Å². The summed E-state index contributed by atoms with van der Waals surface area (Å²) in [6, 6.07) is 48.8. The zero-order chi connectivity index (χ0) is 40.9. The quantitative estimate of drug-likeness (QED) is 0.164. The lowest BCUT2D eigenvalue weighted by molar-refractivity contribution is 1.06. The standard InChI is InChI=1S/C48H31N7/c1-5-17-32(18-6-1)43-49-44(33-19-7-2-8-20-33)52-47(51-43)36-29-30-42(55-40-27-15-13-25-37(40)38-26-14-16-28-41(38)55)39(31-36)48-53-45(34-21-9-3-10-22-34)50-46(54-48)35-23-11-4-12-24-35/h1-31H/i3D,9D,10D,21D,22D. The highest BCUT2D eigenvalue weighted by Crippen LogP contribution is 2.38. The van der Waals surface area contributed by atoms with Gasteiger partial charge in [0.15, 0.2) is 34.9 Å². The van der Waals surface area contributed by atoms with Gasteiger partial charge in [0, 0.05) is 44.2 Å². The van der Waals surface area contributed by atoms with Crippen LogP contribution >= 0.6 is 0 Å². The summed E-state index contributed by atoms with van der Waals surface area (Å²) in [7, 11) is 0. The normalized spacial score (nSPS) is 12.5. The van der Waals surface area contributed by atoms with E-state index in [4.69, 9.17) is 36.8 Å². The van der Waals surface area contributed by atoms with Crippen molar-refractivity contribution in [1.29, 1.82) is 0 Å². The van der Waals surface area contributed by atoms with E-state index < -0.39 is 30.2 Å². The van der Waals surface area contributed by atoms with Crippen molar-refractivity contribution in [3.8, 4) is 74.0 Å². The van der Waals surface area contributed by atoms with E-state index in [1.54, 1.807) is 0 Å². The number of fused-ring (bicyclic) bond motifs is 3. The number of rotatable bonds is 7. The molecule has 7 nitrogen and oxygen atoms in total. The maximum Gasteiger partial charge on any atom is 0.166 e. The van der Waals surface area contributed by atoms with Crippen LogP contribution in [0.15, 0.2) is 188 Å². The van der Waals surface area contributed by atoms with Crippen molar-refractivity contribution in [3.05, 3.63) is 188 Å². The average Bonchev–Trinajstić information content (AvgIpc) is 3.65. The second-order valence-electron chi connectivity index (χ2n) is 12.8. The van der Waals surface area contributed by atoms with E-state index in [0.717, 1.165) is 38.6 Å². The summed E-state index contributed by atoms with van der Waals surface area (Å²) in [4.78, 5) is 29.7. The molecule has 0 saturated carbocycles. The van der Waals surface area contributed by atoms with E-state index in [9.17, 15) is 0 Å². The van der Waals surface area contributed by atoms with Gasteiger partial charge in [-0.1, -0.05) is 158 Å². The first-order valence-corrected chi connectivity index (χ1v) is 17.7. The maximum absolute atomic E-state index is 8.89. The van der Waals surface area contributed by atoms with Crippen LogP contribution in [0.25, 0.3) is 95.8 Å². The molecule has 0 bridgehead atoms. The largest absolute Gasteiger partial charge is 0.309 e. The minimum Gasteiger partial charge on any atom is -0.309 e. The Bertz CT molecular complexity index is 3130. The third-order valence-electron chi connectivity index (χ3n) is 9.41. The highest BCUT2D eigenvalue weighted by molar-refractivity contribution is 6.09. The first-order valence-electron chi connectivity index (χ1n) is 20.2. The Balaban J connectivity index is 1.29. The number of benzene rings is 7. The molecule has 0 N–H and O–H groups in total. The zero-order valence-electron chi connectivity index (χ0n) is 34.1. The smallest absolute Gasteiger partial charge is 0.166 e. The van der Waals surface area contributed by atoms with Gasteiger partial charge in [-0.05, 0) is 30.3 Å². The summed E-state index contributed by atoms with van der Waals surface area (Å²) in [5.41, 5.74) is 6.03. The Labute approximate surface area is 324 Å². The number of hydrogen-bond acceptors (Lipinski definition) is 6. The zero-order valence-corrected chi connectivity index (χ0v) is 29.1. The first kappa shape index (κ1) is 27.0. The third kappa shape index (κ3) is 5.99. The molecule has 10 aromatic rings. The monoisotopic (exact) mass is 710 g/mol. The van der Waals surface area contributed by atoms with Crippen molar-refractivity contribution >= 4 is 21.8 Å². The van der Waals surface area contributed by atoms with Crippen LogP contribution in [0.4, 0.5) is 0 Å². The molecule has 0 fully saturated rings. The minimum absolute atomic E-state index is 0.0627. The Morgan fingerprint density at radius 2 is 0.745 bits per heavy atom. The predicted octanol–water partition coefficient (Wildman–Crippen LogP) is 11.2. The molecule has 7 heteroatoms. The fraction of sp³-hybridized carbons (Fsp3) is 0. The predicted molar refractivity (Wildman–Crippen MR) is 220 cm³/mol. The summed E-state index contributed by atoms with van der Waals surface area (Å²) in [5, 5.41) is 2.11. The van der Waals surface area contributed by atoms with E-state index in [1.807, 2.05) is 133 Å². The van der Waals surface area contributed by atoms with Crippen molar-refractivity contribution in [1.82, 2.24) is 34.5 Å². The van der Waals surface area contributed by atoms with Crippen molar-refractivity contribution in [3.63, 3.8) is 0 Å². The fourth-order valence-electron chi connectivity index (χ4n) is 6.86. The molecule has 0 spiro atoms. The molecule has 258 valence electrons. The van der Waals surface area contributed by atoms with Gasteiger partial charge in [0.2, 0.25) is 0 Å². The molecular weight excluding hydrogens is 675 g/mol. The lowest BCUT2D eigenvalue weighted by Gasteiger charge is -2.16. The summed E-state index contributed by atoms with van der Waals surface area (Å²) < 4.78 is 45.2. The topological polar surface area (TPSA) is 82.3 Å². The van der Waals surface area contributed by atoms with Crippen LogP contribution in [0.3, 0.4) is 0 Å². The maximum atomic E-state index is 8.89. The van der Waals surface area contributed by atoms with Crippen LogP contribution in [-0.2, 0) is 0 Å². The van der Waals surface area contributed by atoms with E-state index >= 15 is 0 Å². The molecule has 0 radical (unpaired) electrons. The van der Waals surface area contributed by atoms with Crippen LogP contribution in [0.1, 0.15) is 6.85 Å². The minimum atomic E-state index is -0.505. The van der Waals surface area contributed by atoms with Gasteiger partial charge in [-0.25, -0.2) is 29.9 Å². The lowest BCUT2D eigenvalue weighted by Crippen LogP contribution is -2.05. The second kappa shape index (κ2) is 13.7. The van der Waals surface area contributed by atoms with Gasteiger partial charge in [0.05, 0.1) is 23.6 Å². The molecule has 0 amide bonds. The van der Waals surface area contributed by atoms with Crippen LogP contribution in [-0.4, -0.2) is 34.5 Å². The van der Waals surface area contributed by atoms with E-state index in [2.05, 4.69) is 28.8 Å². The Hall–Kier alpha value is -7.64. The van der Waals surface area contributed by atoms with Crippen LogP contribution in [0.2, 0.25) is 0 Å². The number of aromatic nitrogens is 7. The van der Waals surface area contributed by atoms with E-state index in [0.29, 0.717) is 34.2 Å². The molecule has 0 unspecified atom stereocenters. The summed E-state index contributed by atoms with van der Waals surface area (Å²) >= 11 is 0. The molecule has 55 heavy (non-hydrogen) atoms. The highest BCUT2D eigenvalue weighted by atomic mass is 15.1. The molecule has 0 atom stereocenters. The van der Waals surface area contributed by atoms with E-state index in [1.165, 1.54) is 0 Å². The van der Waals surface area contributed by atoms with Gasteiger partial charge >= 0.3 is 0 Å². The Morgan fingerprint density at radius 1 is 0.345 bits per heavy atom. The summed E-state index contributed by atoms with van der Waals surface area (Å²) in [6.45, 7) is 0. The van der Waals surface area contributed by atoms with Crippen molar-refractivity contribution in [2.75, 3.05) is 0 Å². The molecule has 10 rings (SSSR count). The van der Waals surface area contributed by atoms with Crippen LogP contribution in [0, 0.1) is 0 Å². The second-order valence-corrected chi connectivity index (χ2v) is 12.8. The Kier molecular flexibility index (Phi) is 6.75. The van der Waals surface area contributed by atoms with Crippen molar-refractivity contribution in [2.24, 2.45) is 0 Å². The van der Waals surface area contributed by atoms with Gasteiger partial charge in [-0.2, -0.15) is 0 Å². The Morgan fingerprint density at radius 3 is 1.24 bits per heavy atom. The van der Waals surface area contributed by atoms with Crippen molar-refractivity contribution < 1.29 is 6.85 Å². The molecule has 0 aliphatic heterocycles. The summed E-state index contributed by atoms with van der Waals surface area (Å²) in [5.74, 6) is 1.84. The van der Waals surface area contributed by atoms with Crippen LogP contribution < -0.4 is 0 Å². The first-order chi connectivity index (χ1) is 29.3. The number of nitrogens with zero attached hydrogens (tertiary/aromatic N) is 7. The molecule has 0 saturated heterocycles. The lowest BCUT2D eigenvalue weighted by atomic mass is 10.1. The van der Waals surface area contributed by atoms with Gasteiger partial charge in [0.25, 0.3) is 0 Å². The van der Waals surface area contributed by atoms with Gasteiger partial charge in [-0.3, -0.25) is 0 Å².